The van der Waals surface area contributed by atoms with Gasteiger partial charge < -0.3 is 15.2 Å². The Hall–Kier alpha value is -3.44. The van der Waals surface area contributed by atoms with E-state index >= 15 is 0 Å². The third-order valence-corrected chi connectivity index (χ3v) is 5.15. The third-order valence-electron chi connectivity index (χ3n) is 4.40. The molecule has 0 aliphatic carbocycles. The molecule has 0 unspecified atom stereocenters. The number of carbonyl (C=O) groups excluding carboxylic acids is 1. The molecule has 32 heavy (non-hydrogen) atoms. The van der Waals surface area contributed by atoms with Crippen molar-refractivity contribution in [1.29, 1.82) is 0 Å². The van der Waals surface area contributed by atoms with Crippen molar-refractivity contribution in [3.05, 3.63) is 58.4 Å². The Kier molecular flexibility index (Phi) is 6.10. The average molecular weight is 477 g/mol. The molecular formula is C20H15ClF2N6O2S. The lowest BCUT2D eigenvalue weighted by Gasteiger charge is -2.12. The molecule has 0 atom stereocenters. The van der Waals surface area contributed by atoms with E-state index in [-0.39, 0.29) is 40.6 Å². The molecule has 164 valence electrons. The summed E-state index contributed by atoms with van der Waals surface area (Å²) in [6.07, 6.45) is 0. The number of hydrogen-bond acceptors (Lipinski definition) is 8. The summed E-state index contributed by atoms with van der Waals surface area (Å²) in [5.74, 6) is -0.565. The number of carbonyl (C=O) groups is 1. The van der Waals surface area contributed by atoms with Gasteiger partial charge in [0.2, 0.25) is 17.6 Å². The highest BCUT2D eigenvalue weighted by molar-refractivity contribution is 6.99. The fourth-order valence-corrected chi connectivity index (χ4v) is 3.71. The van der Waals surface area contributed by atoms with Crippen LogP contribution >= 0.6 is 23.3 Å². The van der Waals surface area contributed by atoms with E-state index in [1.807, 2.05) is 0 Å². The van der Waals surface area contributed by atoms with E-state index in [0.29, 0.717) is 22.5 Å². The van der Waals surface area contributed by atoms with Crippen molar-refractivity contribution in [2.75, 3.05) is 10.6 Å². The Morgan fingerprint density at radius 1 is 1.16 bits per heavy atom. The SMILES string of the molecule is CC(=O)Nc1nsnc1NCc1ccc(-c2cc(Cl)cc(F)c2-c2noc(C)n2)cc1F. The molecule has 2 heterocycles. The first-order valence-corrected chi connectivity index (χ1v) is 10.3. The minimum Gasteiger partial charge on any atom is -0.362 e. The molecule has 0 spiro atoms. The highest BCUT2D eigenvalue weighted by Gasteiger charge is 2.20. The highest BCUT2D eigenvalue weighted by atomic mass is 35.5. The van der Waals surface area contributed by atoms with Gasteiger partial charge in [0.15, 0.2) is 11.6 Å². The van der Waals surface area contributed by atoms with Gasteiger partial charge in [0.1, 0.15) is 11.6 Å². The molecule has 2 N–H and O–H groups in total. The summed E-state index contributed by atoms with van der Waals surface area (Å²) in [5.41, 5.74) is 1.10. The second kappa shape index (κ2) is 8.97. The maximum atomic E-state index is 14.9. The average Bonchev–Trinajstić information content (AvgIpc) is 3.34. The van der Waals surface area contributed by atoms with E-state index in [0.717, 1.165) is 17.8 Å². The van der Waals surface area contributed by atoms with Gasteiger partial charge in [-0.15, -0.1) is 0 Å². The standard InChI is InChI=1S/C20H15ClF2N6O2S/c1-9(30)25-20-19(28-32-29-20)24-8-12-4-3-11(5-15(12)22)14-6-13(21)7-16(23)17(14)18-26-10(2)31-27-18/h3-7H,8H2,1-2H3,(H,24,28)(H,25,29,30). The predicted molar refractivity (Wildman–Crippen MR) is 116 cm³/mol. The quantitative estimate of drug-likeness (QED) is 0.400. The van der Waals surface area contributed by atoms with Crippen molar-refractivity contribution < 1.29 is 18.1 Å². The minimum atomic E-state index is -0.652. The summed E-state index contributed by atoms with van der Waals surface area (Å²) in [6, 6.07) is 7.11. The summed E-state index contributed by atoms with van der Waals surface area (Å²) in [5, 5.41) is 9.41. The Morgan fingerprint density at radius 3 is 2.62 bits per heavy atom. The van der Waals surface area contributed by atoms with Crippen molar-refractivity contribution in [2.45, 2.75) is 20.4 Å². The number of rotatable bonds is 6. The molecule has 8 nitrogen and oxygen atoms in total. The number of benzene rings is 2. The molecule has 0 radical (unpaired) electrons. The van der Waals surface area contributed by atoms with E-state index in [1.54, 1.807) is 19.1 Å². The van der Waals surface area contributed by atoms with Gasteiger partial charge in [-0.2, -0.15) is 13.7 Å². The maximum absolute atomic E-state index is 14.9. The van der Waals surface area contributed by atoms with Gasteiger partial charge in [0, 0.05) is 31.0 Å². The van der Waals surface area contributed by atoms with Crippen LogP contribution in [0.25, 0.3) is 22.5 Å². The summed E-state index contributed by atoms with van der Waals surface area (Å²) in [6.45, 7) is 3.02. The van der Waals surface area contributed by atoms with Gasteiger partial charge in [-0.25, -0.2) is 8.78 Å². The summed E-state index contributed by atoms with van der Waals surface area (Å²) >= 11 is 6.96. The van der Waals surface area contributed by atoms with Crippen LogP contribution in [0.4, 0.5) is 20.4 Å². The zero-order chi connectivity index (χ0) is 22.8. The van der Waals surface area contributed by atoms with Crippen LogP contribution in [-0.4, -0.2) is 24.8 Å². The summed E-state index contributed by atoms with van der Waals surface area (Å²) < 4.78 is 42.6. The molecule has 2 aromatic carbocycles. The van der Waals surface area contributed by atoms with Crippen molar-refractivity contribution >= 4 is 40.9 Å². The van der Waals surface area contributed by atoms with Crippen molar-refractivity contribution in [3.63, 3.8) is 0 Å². The van der Waals surface area contributed by atoms with Gasteiger partial charge in [-0.3, -0.25) is 4.79 Å². The Balaban J connectivity index is 1.63. The van der Waals surface area contributed by atoms with Crippen LogP contribution in [0, 0.1) is 18.6 Å². The normalized spacial score (nSPS) is 10.9. The lowest BCUT2D eigenvalue weighted by atomic mass is 9.97. The van der Waals surface area contributed by atoms with Crippen LogP contribution in [0.2, 0.25) is 5.02 Å². The van der Waals surface area contributed by atoms with Crippen LogP contribution in [0.3, 0.4) is 0 Å². The molecule has 0 aliphatic heterocycles. The van der Waals surface area contributed by atoms with Gasteiger partial charge in [-0.1, -0.05) is 28.9 Å². The molecule has 0 saturated carbocycles. The molecule has 0 saturated heterocycles. The van der Waals surface area contributed by atoms with E-state index in [1.165, 1.54) is 19.1 Å². The van der Waals surface area contributed by atoms with Crippen LogP contribution in [-0.2, 0) is 11.3 Å². The molecule has 4 rings (SSSR count). The van der Waals surface area contributed by atoms with Gasteiger partial charge >= 0.3 is 0 Å². The lowest BCUT2D eigenvalue weighted by molar-refractivity contribution is -0.114. The Morgan fingerprint density at radius 2 is 1.94 bits per heavy atom. The van der Waals surface area contributed by atoms with Crippen molar-refractivity contribution in [1.82, 2.24) is 18.9 Å². The predicted octanol–water partition coefficient (Wildman–Crippen LogP) is 5.07. The van der Waals surface area contributed by atoms with Crippen molar-refractivity contribution in [2.24, 2.45) is 0 Å². The van der Waals surface area contributed by atoms with E-state index < -0.39 is 11.6 Å². The summed E-state index contributed by atoms with van der Waals surface area (Å²) in [4.78, 5) is 15.3. The lowest BCUT2D eigenvalue weighted by Crippen LogP contribution is -2.10. The zero-order valence-electron chi connectivity index (χ0n) is 16.7. The first-order chi connectivity index (χ1) is 15.3. The van der Waals surface area contributed by atoms with Gasteiger partial charge in [0.05, 0.1) is 17.3 Å². The number of amides is 1. The molecule has 4 aromatic rings. The fourth-order valence-electron chi connectivity index (χ4n) is 3.02. The van der Waals surface area contributed by atoms with E-state index in [2.05, 4.69) is 29.5 Å². The first kappa shape index (κ1) is 21.8. The second-order valence-corrected chi connectivity index (χ2v) is 7.71. The topological polar surface area (TPSA) is 106 Å². The number of halogens is 3. The molecule has 0 aliphatic rings. The largest absolute Gasteiger partial charge is 0.362 e. The smallest absolute Gasteiger partial charge is 0.223 e. The molecule has 2 aromatic heterocycles. The second-order valence-electron chi connectivity index (χ2n) is 6.75. The third kappa shape index (κ3) is 4.58. The number of hydrogen-bond donors (Lipinski definition) is 2. The number of nitrogens with zero attached hydrogens (tertiary/aromatic N) is 4. The van der Waals surface area contributed by atoms with E-state index in [4.69, 9.17) is 16.1 Å². The minimum absolute atomic E-state index is 0.0411. The molecule has 0 fully saturated rings. The van der Waals surface area contributed by atoms with Crippen LogP contribution in [0.5, 0.6) is 0 Å². The summed E-state index contributed by atoms with van der Waals surface area (Å²) in [7, 11) is 0. The maximum Gasteiger partial charge on any atom is 0.223 e. The molecule has 1 amide bonds. The van der Waals surface area contributed by atoms with Crippen LogP contribution in [0.1, 0.15) is 18.4 Å². The first-order valence-electron chi connectivity index (χ1n) is 9.24. The Bertz CT molecular complexity index is 1310. The zero-order valence-corrected chi connectivity index (χ0v) is 18.3. The van der Waals surface area contributed by atoms with Crippen LogP contribution < -0.4 is 10.6 Å². The number of anilines is 2. The molecule has 0 bridgehead atoms. The Labute approximate surface area is 190 Å². The molecule has 12 heteroatoms. The number of nitrogens with one attached hydrogen (secondary N) is 2. The van der Waals surface area contributed by atoms with Gasteiger partial charge in [0.25, 0.3) is 0 Å². The number of aromatic nitrogens is 4. The molecular weight excluding hydrogens is 462 g/mol. The monoisotopic (exact) mass is 476 g/mol. The van der Waals surface area contributed by atoms with Gasteiger partial charge in [-0.05, 0) is 29.3 Å². The van der Waals surface area contributed by atoms with Crippen LogP contribution in [0.15, 0.2) is 34.9 Å². The fraction of sp³-hybridized carbons (Fsp3) is 0.150. The number of aryl methyl sites for hydroxylation is 1. The van der Waals surface area contributed by atoms with E-state index in [9.17, 15) is 13.6 Å². The highest BCUT2D eigenvalue weighted by Crippen LogP contribution is 2.36. The van der Waals surface area contributed by atoms with Crippen molar-refractivity contribution in [3.8, 4) is 22.5 Å².